The van der Waals surface area contributed by atoms with Gasteiger partial charge < -0.3 is 13.7 Å². The van der Waals surface area contributed by atoms with Crippen LogP contribution in [0.1, 0.15) is 25.0 Å². The minimum atomic E-state index is -0.101. The largest absolute Gasteiger partial charge is 0.455 e. The summed E-state index contributed by atoms with van der Waals surface area (Å²) in [4.78, 5) is 2.37. The highest BCUT2D eigenvalue weighted by Gasteiger charge is 2.35. The highest BCUT2D eigenvalue weighted by atomic mass is 16.3. The van der Waals surface area contributed by atoms with Gasteiger partial charge >= 0.3 is 0 Å². The van der Waals surface area contributed by atoms with Crippen molar-refractivity contribution in [2.75, 3.05) is 4.90 Å². The molecule has 0 spiro atoms. The topological polar surface area (TPSA) is 29.5 Å². The summed E-state index contributed by atoms with van der Waals surface area (Å²) in [6.45, 7) is 4.68. The fourth-order valence-corrected chi connectivity index (χ4v) is 9.71. The molecule has 3 heteroatoms. The number of hydrogen-bond acceptors (Lipinski definition) is 3. The standard InChI is InChI=1S/C57H39NO2/c1-57(2)51-23-9-6-16-45(51)46-31-30-42(35-52(46)57)58(40-14-4-3-5-15-40)41-28-26-36(27-29-41)37-32-38(43-19-12-21-49-47-17-7-10-24-53(47)59-55(43)49)34-39(33-37)44-20-13-22-50-48-18-8-11-25-54(48)60-56(44)50/h3-35H,1-2H3. The molecule has 0 aliphatic heterocycles. The quantitative estimate of drug-likeness (QED) is 0.169. The first-order valence-electron chi connectivity index (χ1n) is 20.7. The first-order chi connectivity index (χ1) is 29.5. The Labute approximate surface area is 348 Å². The van der Waals surface area contributed by atoms with Gasteiger partial charge in [0, 0.05) is 55.1 Å². The lowest BCUT2D eigenvalue weighted by Gasteiger charge is -2.28. The van der Waals surface area contributed by atoms with Gasteiger partial charge in [-0.15, -0.1) is 0 Å². The van der Waals surface area contributed by atoms with Crippen molar-refractivity contribution in [1.82, 2.24) is 0 Å². The lowest BCUT2D eigenvalue weighted by atomic mass is 9.82. The summed E-state index contributed by atoms with van der Waals surface area (Å²) in [5.41, 5.74) is 18.7. The van der Waals surface area contributed by atoms with Crippen LogP contribution in [0, 0.1) is 0 Å². The van der Waals surface area contributed by atoms with Crippen LogP contribution in [0.25, 0.3) is 88.4 Å². The second kappa shape index (κ2) is 13.2. The van der Waals surface area contributed by atoms with E-state index in [9.17, 15) is 0 Å². The van der Waals surface area contributed by atoms with Gasteiger partial charge in [0.15, 0.2) is 0 Å². The average Bonchev–Trinajstić information content (AvgIpc) is 3.95. The Hall–Kier alpha value is -7.62. The van der Waals surface area contributed by atoms with E-state index in [0.717, 1.165) is 94.3 Å². The summed E-state index contributed by atoms with van der Waals surface area (Å²) in [5, 5.41) is 4.46. The number of benzene rings is 9. The van der Waals surface area contributed by atoms with Gasteiger partial charge in [-0.3, -0.25) is 0 Å². The maximum Gasteiger partial charge on any atom is 0.143 e. The molecule has 11 aromatic rings. The highest BCUT2D eigenvalue weighted by molar-refractivity contribution is 6.11. The monoisotopic (exact) mass is 769 g/mol. The number of furan rings is 2. The van der Waals surface area contributed by atoms with E-state index in [0.29, 0.717) is 0 Å². The fourth-order valence-electron chi connectivity index (χ4n) is 9.71. The van der Waals surface area contributed by atoms with Gasteiger partial charge in [-0.05, 0) is 111 Å². The van der Waals surface area contributed by atoms with E-state index in [1.54, 1.807) is 0 Å². The van der Waals surface area contributed by atoms with Crippen LogP contribution in [0.2, 0.25) is 0 Å². The van der Waals surface area contributed by atoms with Crippen molar-refractivity contribution in [2.45, 2.75) is 19.3 Å². The molecule has 60 heavy (non-hydrogen) atoms. The van der Waals surface area contributed by atoms with Crippen molar-refractivity contribution in [3.63, 3.8) is 0 Å². The van der Waals surface area contributed by atoms with Gasteiger partial charge in [0.05, 0.1) is 0 Å². The third-order valence-electron chi connectivity index (χ3n) is 12.7. The molecule has 0 atom stereocenters. The minimum Gasteiger partial charge on any atom is -0.455 e. The zero-order valence-corrected chi connectivity index (χ0v) is 33.3. The van der Waals surface area contributed by atoms with Crippen molar-refractivity contribution in [1.29, 1.82) is 0 Å². The molecule has 0 unspecified atom stereocenters. The van der Waals surface area contributed by atoms with Crippen LogP contribution in [0.15, 0.2) is 209 Å². The maximum absolute atomic E-state index is 6.60. The van der Waals surface area contributed by atoms with Gasteiger partial charge in [0.25, 0.3) is 0 Å². The van der Waals surface area contributed by atoms with Crippen LogP contribution in [0.3, 0.4) is 0 Å². The van der Waals surface area contributed by atoms with E-state index in [1.807, 2.05) is 24.3 Å². The molecule has 9 aromatic carbocycles. The Morgan fingerprint density at radius 2 is 0.817 bits per heavy atom. The third kappa shape index (κ3) is 5.29. The summed E-state index contributed by atoms with van der Waals surface area (Å²) in [6, 6.07) is 71.9. The molecule has 0 N–H and O–H groups in total. The zero-order chi connectivity index (χ0) is 40.0. The van der Waals surface area contributed by atoms with Crippen molar-refractivity contribution in [2.24, 2.45) is 0 Å². The van der Waals surface area contributed by atoms with Crippen LogP contribution in [-0.2, 0) is 5.41 Å². The van der Waals surface area contributed by atoms with Crippen molar-refractivity contribution in [3.05, 3.63) is 211 Å². The van der Waals surface area contributed by atoms with Crippen molar-refractivity contribution >= 4 is 60.9 Å². The molecular weight excluding hydrogens is 731 g/mol. The Kier molecular flexibility index (Phi) is 7.58. The average molecular weight is 770 g/mol. The van der Waals surface area contributed by atoms with Crippen LogP contribution >= 0.6 is 0 Å². The summed E-state index contributed by atoms with van der Waals surface area (Å²) in [7, 11) is 0. The fraction of sp³-hybridized carbons (Fsp3) is 0.0526. The van der Waals surface area contributed by atoms with E-state index < -0.39 is 0 Å². The molecule has 3 nitrogen and oxygen atoms in total. The molecule has 284 valence electrons. The molecule has 2 aromatic heterocycles. The predicted molar refractivity (Wildman–Crippen MR) is 250 cm³/mol. The van der Waals surface area contributed by atoms with E-state index >= 15 is 0 Å². The van der Waals surface area contributed by atoms with Crippen molar-refractivity contribution in [3.8, 4) is 44.5 Å². The van der Waals surface area contributed by atoms with Crippen LogP contribution in [0.4, 0.5) is 17.1 Å². The summed E-state index contributed by atoms with van der Waals surface area (Å²) in [6.07, 6.45) is 0. The summed E-state index contributed by atoms with van der Waals surface area (Å²) < 4.78 is 13.2. The molecule has 12 rings (SSSR count). The smallest absolute Gasteiger partial charge is 0.143 e. The maximum atomic E-state index is 6.60. The molecule has 0 radical (unpaired) electrons. The second-order valence-electron chi connectivity index (χ2n) is 16.5. The highest BCUT2D eigenvalue weighted by Crippen LogP contribution is 2.51. The van der Waals surface area contributed by atoms with Crippen molar-refractivity contribution < 1.29 is 8.83 Å². The third-order valence-corrected chi connectivity index (χ3v) is 12.7. The number of nitrogens with zero attached hydrogens (tertiary/aromatic N) is 1. The van der Waals surface area contributed by atoms with Gasteiger partial charge in [-0.1, -0.05) is 147 Å². The Balaban J connectivity index is 1.02. The number of fused-ring (bicyclic) bond motifs is 9. The van der Waals surface area contributed by atoms with Gasteiger partial charge in [0.1, 0.15) is 22.3 Å². The van der Waals surface area contributed by atoms with Gasteiger partial charge in [-0.2, -0.15) is 0 Å². The second-order valence-corrected chi connectivity index (χ2v) is 16.5. The molecule has 0 saturated carbocycles. The van der Waals surface area contributed by atoms with Crippen LogP contribution in [0.5, 0.6) is 0 Å². The minimum absolute atomic E-state index is 0.101. The summed E-state index contributed by atoms with van der Waals surface area (Å²) in [5.74, 6) is 0. The first kappa shape index (κ1) is 34.4. The number of hydrogen-bond donors (Lipinski definition) is 0. The number of rotatable bonds is 6. The van der Waals surface area contributed by atoms with Gasteiger partial charge in [0.2, 0.25) is 0 Å². The SMILES string of the molecule is CC1(C)c2ccccc2-c2ccc(N(c3ccccc3)c3ccc(-c4cc(-c5cccc6c5oc5ccccc56)cc(-c5cccc6c5oc5ccccc56)c4)cc3)cc21. The van der Waals surface area contributed by atoms with E-state index in [2.05, 4.69) is 195 Å². The molecule has 1 aliphatic rings. The molecule has 2 heterocycles. The van der Waals surface area contributed by atoms with Crippen LogP contribution in [-0.4, -0.2) is 0 Å². The van der Waals surface area contributed by atoms with E-state index in [4.69, 9.17) is 8.83 Å². The lowest BCUT2D eigenvalue weighted by molar-refractivity contribution is 0.660. The normalized spacial score (nSPS) is 13.0. The molecule has 0 bridgehead atoms. The predicted octanol–water partition coefficient (Wildman–Crippen LogP) is 16.3. The van der Waals surface area contributed by atoms with E-state index in [1.165, 1.54) is 22.3 Å². The number of anilines is 3. The van der Waals surface area contributed by atoms with E-state index in [-0.39, 0.29) is 5.41 Å². The summed E-state index contributed by atoms with van der Waals surface area (Å²) >= 11 is 0. The number of para-hydroxylation sites is 5. The molecule has 1 aliphatic carbocycles. The lowest BCUT2D eigenvalue weighted by Crippen LogP contribution is -2.16. The first-order valence-corrected chi connectivity index (χ1v) is 20.7. The molecule has 0 fully saturated rings. The molecule has 0 amide bonds. The Morgan fingerprint density at radius 1 is 0.333 bits per heavy atom. The van der Waals surface area contributed by atoms with Gasteiger partial charge in [-0.25, -0.2) is 0 Å². The Morgan fingerprint density at radius 3 is 1.47 bits per heavy atom. The molecule has 0 saturated heterocycles. The zero-order valence-electron chi connectivity index (χ0n) is 33.3. The van der Waals surface area contributed by atoms with Crippen LogP contribution < -0.4 is 4.90 Å². The molecular formula is C57H39NO2. The Bertz CT molecular complexity index is 3330.